The molecule has 1 rings (SSSR count). The summed E-state index contributed by atoms with van der Waals surface area (Å²) in [5.41, 5.74) is -0.198. The van der Waals surface area contributed by atoms with Gasteiger partial charge in [-0.25, -0.2) is 0 Å². The second-order valence-electron chi connectivity index (χ2n) is 2.04. The van der Waals surface area contributed by atoms with Crippen molar-refractivity contribution in [3.63, 3.8) is 0 Å². The van der Waals surface area contributed by atoms with E-state index in [1.807, 2.05) is 0 Å². The minimum Gasteiger partial charge on any atom is -0.258 e. The molecule has 0 aliphatic heterocycles. The Morgan fingerprint density at radius 2 is 2.25 bits per heavy atom. The van der Waals surface area contributed by atoms with Crippen molar-refractivity contribution in [1.82, 2.24) is 0 Å². The third-order valence-corrected chi connectivity index (χ3v) is 1.70. The maximum absolute atomic E-state index is 10.4. The molecule has 0 saturated carbocycles. The number of hydrogen-bond donors (Lipinski definition) is 1. The largest absolute Gasteiger partial charge is 0.288 e. The number of thiol groups is 1. The van der Waals surface area contributed by atoms with Crippen LogP contribution in [0.3, 0.4) is 0 Å². The van der Waals surface area contributed by atoms with Crippen molar-refractivity contribution in [2.24, 2.45) is 0 Å². The predicted octanol–water partition coefficient (Wildman–Crippen LogP) is 1.76. The minimum absolute atomic E-state index is 0.00540. The number of rotatable bonds is 1. The van der Waals surface area contributed by atoms with Crippen LogP contribution in [0.2, 0.25) is 0 Å². The van der Waals surface area contributed by atoms with E-state index >= 15 is 0 Å². The Balaban J connectivity index is 3.40. The zero-order valence-corrected chi connectivity index (χ0v) is 6.78. The highest BCUT2D eigenvalue weighted by Gasteiger charge is 2.14. The first-order chi connectivity index (χ1) is 5.66. The van der Waals surface area contributed by atoms with Crippen LogP contribution in [0.5, 0.6) is 0 Å². The van der Waals surface area contributed by atoms with E-state index in [0.717, 1.165) is 0 Å². The van der Waals surface area contributed by atoms with Crippen LogP contribution in [0.25, 0.3) is 0 Å². The number of benzene rings is 1. The van der Waals surface area contributed by atoms with E-state index in [1.54, 1.807) is 6.07 Å². The molecule has 0 fully saturated rings. The van der Waals surface area contributed by atoms with Crippen LogP contribution in [0, 0.1) is 21.4 Å². The van der Waals surface area contributed by atoms with Gasteiger partial charge in [0.15, 0.2) is 0 Å². The molecule has 0 unspecified atom stereocenters. The molecule has 60 valence electrons. The van der Waals surface area contributed by atoms with Crippen LogP contribution in [0.15, 0.2) is 23.1 Å². The van der Waals surface area contributed by atoms with Gasteiger partial charge in [-0.1, -0.05) is 6.07 Å². The maximum Gasteiger partial charge on any atom is 0.288 e. The molecule has 0 aromatic heterocycles. The first kappa shape index (κ1) is 8.56. The minimum atomic E-state index is -0.599. The average molecular weight is 180 g/mol. The lowest BCUT2D eigenvalue weighted by Crippen LogP contribution is -1.92. The standard InChI is InChI=1S/C7H4N2O2S/c8-4-5-6(9(10)11)2-1-3-7(5)12/h1-3,12H. The van der Waals surface area contributed by atoms with Gasteiger partial charge >= 0.3 is 0 Å². The molecule has 0 atom stereocenters. The van der Waals surface area contributed by atoms with E-state index in [4.69, 9.17) is 5.26 Å². The summed E-state index contributed by atoms with van der Waals surface area (Å²) in [6.45, 7) is 0. The lowest BCUT2D eigenvalue weighted by atomic mass is 10.2. The molecule has 1 aromatic rings. The van der Waals surface area contributed by atoms with Gasteiger partial charge in [-0.2, -0.15) is 5.26 Å². The van der Waals surface area contributed by atoms with Gasteiger partial charge in [0, 0.05) is 11.0 Å². The molecule has 0 saturated heterocycles. The quantitative estimate of drug-likeness (QED) is 0.406. The number of nitro benzene ring substituents is 1. The second-order valence-corrected chi connectivity index (χ2v) is 2.52. The molecule has 0 N–H and O–H groups in total. The molecule has 1 aromatic carbocycles. The summed E-state index contributed by atoms with van der Waals surface area (Å²) < 4.78 is 0. The molecule has 0 radical (unpaired) electrons. The molecule has 5 heteroatoms. The zero-order chi connectivity index (χ0) is 9.14. The monoisotopic (exact) mass is 180 g/mol. The van der Waals surface area contributed by atoms with Gasteiger partial charge in [-0.05, 0) is 6.07 Å². The Morgan fingerprint density at radius 1 is 1.58 bits per heavy atom. The molecular formula is C7H4N2O2S. The topological polar surface area (TPSA) is 66.9 Å². The highest BCUT2D eigenvalue weighted by atomic mass is 32.1. The van der Waals surface area contributed by atoms with Crippen LogP contribution in [0.4, 0.5) is 5.69 Å². The number of nitro groups is 1. The predicted molar refractivity (Wildman–Crippen MR) is 45.1 cm³/mol. The van der Waals surface area contributed by atoms with Gasteiger partial charge < -0.3 is 0 Å². The molecule has 4 nitrogen and oxygen atoms in total. The smallest absolute Gasteiger partial charge is 0.258 e. The third-order valence-electron chi connectivity index (χ3n) is 1.33. The van der Waals surface area contributed by atoms with Crippen molar-refractivity contribution in [3.05, 3.63) is 33.9 Å². The second kappa shape index (κ2) is 3.24. The van der Waals surface area contributed by atoms with Crippen molar-refractivity contribution in [1.29, 1.82) is 5.26 Å². The third kappa shape index (κ3) is 1.38. The van der Waals surface area contributed by atoms with Crippen molar-refractivity contribution >= 4 is 18.3 Å². The van der Waals surface area contributed by atoms with E-state index in [-0.39, 0.29) is 11.3 Å². The highest BCUT2D eigenvalue weighted by molar-refractivity contribution is 7.80. The van der Waals surface area contributed by atoms with Crippen LogP contribution >= 0.6 is 12.6 Å². The Kier molecular flexibility index (Phi) is 2.31. The summed E-state index contributed by atoms with van der Waals surface area (Å²) in [6.07, 6.45) is 0. The Morgan fingerprint density at radius 3 is 2.67 bits per heavy atom. The molecule has 0 amide bonds. The Hall–Kier alpha value is -1.54. The van der Waals surface area contributed by atoms with Gasteiger partial charge in [0.25, 0.3) is 5.69 Å². The first-order valence-electron chi connectivity index (χ1n) is 3.03. The van der Waals surface area contributed by atoms with Crippen LogP contribution < -0.4 is 0 Å². The van der Waals surface area contributed by atoms with E-state index in [1.165, 1.54) is 18.2 Å². The zero-order valence-electron chi connectivity index (χ0n) is 5.89. The fourth-order valence-corrected chi connectivity index (χ4v) is 1.05. The van der Waals surface area contributed by atoms with Crippen LogP contribution in [-0.4, -0.2) is 4.92 Å². The lowest BCUT2D eigenvalue weighted by molar-refractivity contribution is -0.385. The number of hydrogen-bond acceptors (Lipinski definition) is 4. The summed E-state index contributed by atoms with van der Waals surface area (Å²) in [5.74, 6) is 0. The first-order valence-corrected chi connectivity index (χ1v) is 3.48. The lowest BCUT2D eigenvalue weighted by Gasteiger charge is -1.95. The Labute approximate surface area is 74.0 Å². The van der Waals surface area contributed by atoms with Gasteiger partial charge in [0.05, 0.1) is 4.92 Å². The molecule has 0 aliphatic rings. The summed E-state index contributed by atoms with van der Waals surface area (Å²) in [7, 11) is 0. The Bertz CT molecular complexity index is 370. The fraction of sp³-hybridized carbons (Fsp3) is 0. The van der Waals surface area contributed by atoms with E-state index in [9.17, 15) is 10.1 Å². The number of nitrogens with zero attached hydrogens (tertiary/aromatic N) is 2. The molecule has 12 heavy (non-hydrogen) atoms. The van der Waals surface area contributed by atoms with Crippen molar-refractivity contribution in [2.45, 2.75) is 4.90 Å². The van der Waals surface area contributed by atoms with Crippen LogP contribution in [0.1, 0.15) is 5.56 Å². The van der Waals surface area contributed by atoms with Gasteiger partial charge in [-0.15, -0.1) is 12.6 Å². The van der Waals surface area contributed by atoms with Gasteiger partial charge in [0.1, 0.15) is 11.6 Å². The summed E-state index contributed by atoms with van der Waals surface area (Å²) in [4.78, 5) is 10.1. The van der Waals surface area contributed by atoms with Gasteiger partial charge in [0.2, 0.25) is 0 Å². The maximum atomic E-state index is 10.4. The van der Waals surface area contributed by atoms with E-state index < -0.39 is 4.92 Å². The van der Waals surface area contributed by atoms with Crippen molar-refractivity contribution < 1.29 is 4.92 Å². The molecular weight excluding hydrogens is 176 g/mol. The molecule has 0 bridgehead atoms. The molecule has 0 spiro atoms. The summed E-state index contributed by atoms with van der Waals surface area (Å²) >= 11 is 3.92. The summed E-state index contributed by atoms with van der Waals surface area (Å²) in [5, 5.41) is 18.9. The van der Waals surface area contributed by atoms with Crippen molar-refractivity contribution in [3.8, 4) is 6.07 Å². The highest BCUT2D eigenvalue weighted by Crippen LogP contribution is 2.23. The van der Waals surface area contributed by atoms with E-state index in [2.05, 4.69) is 12.6 Å². The summed E-state index contributed by atoms with van der Waals surface area (Å²) in [6, 6.07) is 6.03. The molecule has 0 aliphatic carbocycles. The molecule has 0 heterocycles. The van der Waals surface area contributed by atoms with Crippen molar-refractivity contribution in [2.75, 3.05) is 0 Å². The average Bonchev–Trinajstić information content (AvgIpc) is 2.03. The normalized spacial score (nSPS) is 9.00. The van der Waals surface area contributed by atoms with E-state index in [0.29, 0.717) is 4.90 Å². The SMILES string of the molecule is N#Cc1c(S)cccc1[N+](=O)[O-]. The number of nitriles is 1. The van der Waals surface area contributed by atoms with Gasteiger partial charge in [-0.3, -0.25) is 10.1 Å². The fourth-order valence-electron chi connectivity index (χ4n) is 0.795. The van der Waals surface area contributed by atoms with Crippen LogP contribution in [-0.2, 0) is 0 Å².